The van der Waals surface area contributed by atoms with Gasteiger partial charge in [-0.25, -0.2) is 0 Å². The Bertz CT molecular complexity index is 288. The molecular formula is C15H28N2O2. The SMILES string of the molecule is NC1CCC(CCC(=O)N2CCCCC2CO)CC1. The molecule has 0 bridgehead atoms. The number of carbonyl (C=O) groups excluding carboxylic acids is 1. The molecule has 1 saturated carbocycles. The topological polar surface area (TPSA) is 66.6 Å². The molecule has 0 aromatic rings. The van der Waals surface area contributed by atoms with E-state index in [4.69, 9.17) is 5.73 Å². The molecule has 1 aliphatic carbocycles. The molecule has 1 heterocycles. The van der Waals surface area contributed by atoms with Crippen molar-refractivity contribution in [2.75, 3.05) is 13.2 Å². The molecule has 0 spiro atoms. The fourth-order valence-electron chi connectivity index (χ4n) is 3.47. The summed E-state index contributed by atoms with van der Waals surface area (Å²) in [5, 5.41) is 9.35. The second kappa shape index (κ2) is 7.25. The Hall–Kier alpha value is -0.610. The minimum atomic E-state index is 0.0704. The van der Waals surface area contributed by atoms with E-state index in [9.17, 15) is 9.90 Å². The van der Waals surface area contributed by atoms with Gasteiger partial charge in [0, 0.05) is 19.0 Å². The third kappa shape index (κ3) is 4.18. The van der Waals surface area contributed by atoms with E-state index >= 15 is 0 Å². The molecule has 4 nitrogen and oxygen atoms in total. The summed E-state index contributed by atoms with van der Waals surface area (Å²) < 4.78 is 0. The summed E-state index contributed by atoms with van der Waals surface area (Å²) in [5.41, 5.74) is 5.90. The van der Waals surface area contributed by atoms with Crippen LogP contribution in [0.3, 0.4) is 0 Å². The second-order valence-electron chi connectivity index (χ2n) is 6.24. The number of hydrogen-bond donors (Lipinski definition) is 2. The third-order valence-corrected chi connectivity index (χ3v) is 4.82. The first kappa shape index (κ1) is 14.8. The summed E-state index contributed by atoms with van der Waals surface area (Å²) in [5.74, 6) is 0.926. The van der Waals surface area contributed by atoms with Gasteiger partial charge in [0.05, 0.1) is 12.6 Å². The average Bonchev–Trinajstić information content (AvgIpc) is 2.46. The molecule has 0 aromatic heterocycles. The van der Waals surface area contributed by atoms with Gasteiger partial charge in [-0.3, -0.25) is 4.79 Å². The Morgan fingerprint density at radius 2 is 1.89 bits per heavy atom. The van der Waals surface area contributed by atoms with Crippen molar-refractivity contribution in [3.05, 3.63) is 0 Å². The van der Waals surface area contributed by atoms with Crippen LogP contribution in [0.4, 0.5) is 0 Å². The van der Waals surface area contributed by atoms with E-state index in [1.807, 2.05) is 4.90 Å². The zero-order valence-electron chi connectivity index (χ0n) is 11.9. The summed E-state index contributed by atoms with van der Waals surface area (Å²) in [6.07, 6.45) is 9.41. The van der Waals surface area contributed by atoms with Crippen molar-refractivity contribution in [1.29, 1.82) is 0 Å². The maximum Gasteiger partial charge on any atom is 0.222 e. The number of likely N-dealkylation sites (tertiary alicyclic amines) is 1. The number of aliphatic hydroxyl groups excluding tert-OH is 1. The van der Waals surface area contributed by atoms with Gasteiger partial charge in [0.2, 0.25) is 5.91 Å². The molecule has 4 heteroatoms. The standard InChI is InChI=1S/C15H28N2O2/c16-13-7-4-12(5-8-13)6-9-15(19)17-10-2-1-3-14(17)11-18/h12-14,18H,1-11,16H2. The third-order valence-electron chi connectivity index (χ3n) is 4.82. The molecule has 2 fully saturated rings. The van der Waals surface area contributed by atoms with Gasteiger partial charge < -0.3 is 15.7 Å². The zero-order chi connectivity index (χ0) is 13.7. The van der Waals surface area contributed by atoms with E-state index in [1.54, 1.807) is 0 Å². The molecule has 1 unspecified atom stereocenters. The number of hydrogen-bond acceptors (Lipinski definition) is 3. The lowest BCUT2D eigenvalue weighted by atomic mass is 9.83. The van der Waals surface area contributed by atoms with Gasteiger partial charge in [0.1, 0.15) is 0 Å². The Balaban J connectivity index is 1.74. The maximum atomic E-state index is 12.3. The van der Waals surface area contributed by atoms with Crippen LogP contribution in [0, 0.1) is 5.92 Å². The van der Waals surface area contributed by atoms with Gasteiger partial charge in [0.25, 0.3) is 0 Å². The van der Waals surface area contributed by atoms with Crippen molar-refractivity contribution in [1.82, 2.24) is 4.90 Å². The number of nitrogens with two attached hydrogens (primary N) is 1. The lowest BCUT2D eigenvalue weighted by Gasteiger charge is -2.35. The van der Waals surface area contributed by atoms with Gasteiger partial charge in [-0.2, -0.15) is 0 Å². The molecule has 2 aliphatic rings. The summed E-state index contributed by atoms with van der Waals surface area (Å²) in [7, 11) is 0. The van der Waals surface area contributed by atoms with Crippen molar-refractivity contribution < 1.29 is 9.90 Å². The van der Waals surface area contributed by atoms with Crippen LogP contribution >= 0.6 is 0 Å². The van der Waals surface area contributed by atoms with Crippen LogP contribution in [0.1, 0.15) is 57.8 Å². The number of carbonyl (C=O) groups is 1. The molecule has 3 N–H and O–H groups in total. The highest BCUT2D eigenvalue weighted by molar-refractivity contribution is 5.76. The van der Waals surface area contributed by atoms with Crippen LogP contribution in [0.15, 0.2) is 0 Å². The molecule has 1 atom stereocenters. The van der Waals surface area contributed by atoms with E-state index in [2.05, 4.69) is 0 Å². The minimum absolute atomic E-state index is 0.0704. The lowest BCUT2D eigenvalue weighted by molar-refractivity contribution is -0.136. The van der Waals surface area contributed by atoms with Gasteiger partial charge in [-0.15, -0.1) is 0 Å². The van der Waals surface area contributed by atoms with Crippen LogP contribution in [-0.4, -0.2) is 41.1 Å². The number of piperidine rings is 1. The summed E-state index contributed by atoms with van der Waals surface area (Å²) in [4.78, 5) is 14.2. The van der Waals surface area contributed by atoms with E-state index in [0.29, 0.717) is 18.4 Å². The average molecular weight is 268 g/mol. The zero-order valence-corrected chi connectivity index (χ0v) is 11.9. The largest absolute Gasteiger partial charge is 0.394 e. The quantitative estimate of drug-likeness (QED) is 0.815. The normalized spacial score (nSPS) is 32.3. The van der Waals surface area contributed by atoms with E-state index in [1.165, 1.54) is 12.8 Å². The van der Waals surface area contributed by atoms with Crippen LogP contribution in [0.2, 0.25) is 0 Å². The first-order valence-corrected chi connectivity index (χ1v) is 7.86. The first-order chi connectivity index (χ1) is 9.20. The summed E-state index contributed by atoms with van der Waals surface area (Å²) in [6.45, 7) is 0.948. The van der Waals surface area contributed by atoms with E-state index < -0.39 is 0 Å². The van der Waals surface area contributed by atoms with Gasteiger partial charge in [-0.05, 0) is 57.3 Å². The highest BCUT2D eigenvalue weighted by atomic mass is 16.3. The maximum absolute atomic E-state index is 12.3. The minimum Gasteiger partial charge on any atom is -0.394 e. The predicted molar refractivity (Wildman–Crippen MR) is 75.6 cm³/mol. The van der Waals surface area contributed by atoms with E-state index in [-0.39, 0.29) is 18.6 Å². The number of rotatable bonds is 4. The van der Waals surface area contributed by atoms with Crippen molar-refractivity contribution in [2.45, 2.75) is 69.9 Å². The lowest BCUT2D eigenvalue weighted by Crippen LogP contribution is -2.45. The molecule has 19 heavy (non-hydrogen) atoms. The molecular weight excluding hydrogens is 240 g/mol. The van der Waals surface area contributed by atoms with Gasteiger partial charge in [-0.1, -0.05) is 0 Å². The monoisotopic (exact) mass is 268 g/mol. The molecule has 0 aromatic carbocycles. The fourth-order valence-corrected chi connectivity index (χ4v) is 3.47. The second-order valence-corrected chi connectivity index (χ2v) is 6.24. The van der Waals surface area contributed by atoms with Crippen molar-refractivity contribution in [3.8, 4) is 0 Å². The molecule has 1 saturated heterocycles. The van der Waals surface area contributed by atoms with Crippen molar-refractivity contribution in [2.24, 2.45) is 11.7 Å². The summed E-state index contributed by atoms with van der Waals surface area (Å²) >= 11 is 0. The molecule has 110 valence electrons. The van der Waals surface area contributed by atoms with Gasteiger partial charge in [0.15, 0.2) is 0 Å². The van der Waals surface area contributed by atoms with Crippen LogP contribution in [0.25, 0.3) is 0 Å². The highest BCUT2D eigenvalue weighted by Gasteiger charge is 2.26. The predicted octanol–water partition coefficient (Wildman–Crippen LogP) is 1.66. The molecule has 2 rings (SSSR count). The van der Waals surface area contributed by atoms with Crippen LogP contribution in [-0.2, 0) is 4.79 Å². The van der Waals surface area contributed by atoms with Gasteiger partial charge >= 0.3 is 0 Å². The Labute approximate surface area is 116 Å². The molecule has 1 aliphatic heterocycles. The highest BCUT2D eigenvalue weighted by Crippen LogP contribution is 2.27. The first-order valence-electron chi connectivity index (χ1n) is 7.86. The summed E-state index contributed by atoms with van der Waals surface area (Å²) in [6, 6.07) is 0.453. The van der Waals surface area contributed by atoms with Crippen LogP contribution in [0.5, 0.6) is 0 Å². The number of amides is 1. The van der Waals surface area contributed by atoms with Crippen LogP contribution < -0.4 is 5.73 Å². The molecule has 1 amide bonds. The number of aliphatic hydroxyl groups is 1. The Morgan fingerprint density at radius 3 is 2.58 bits per heavy atom. The van der Waals surface area contributed by atoms with Crippen molar-refractivity contribution in [3.63, 3.8) is 0 Å². The van der Waals surface area contributed by atoms with Crippen molar-refractivity contribution >= 4 is 5.91 Å². The molecule has 0 radical (unpaired) electrons. The Morgan fingerprint density at radius 1 is 1.16 bits per heavy atom. The van der Waals surface area contributed by atoms with E-state index in [0.717, 1.165) is 45.1 Å². The smallest absolute Gasteiger partial charge is 0.222 e. The number of nitrogens with zero attached hydrogens (tertiary/aromatic N) is 1. The Kier molecular flexibility index (Phi) is 5.64. The fraction of sp³-hybridized carbons (Fsp3) is 0.933.